The summed E-state index contributed by atoms with van der Waals surface area (Å²) in [5.74, 6) is 0.292. The van der Waals surface area contributed by atoms with Gasteiger partial charge < -0.3 is 10.1 Å². The molecule has 1 fully saturated rings. The van der Waals surface area contributed by atoms with Crippen molar-refractivity contribution in [3.63, 3.8) is 0 Å². The number of esters is 1. The van der Waals surface area contributed by atoms with Crippen molar-refractivity contribution in [1.29, 1.82) is 0 Å². The van der Waals surface area contributed by atoms with Crippen molar-refractivity contribution in [2.24, 2.45) is 5.92 Å². The van der Waals surface area contributed by atoms with Gasteiger partial charge in [0.15, 0.2) is 0 Å². The van der Waals surface area contributed by atoms with E-state index in [1.54, 1.807) is 0 Å². The lowest BCUT2D eigenvalue weighted by molar-refractivity contribution is -0.666. The van der Waals surface area contributed by atoms with E-state index in [1.807, 2.05) is 25.1 Å². The fourth-order valence-electron chi connectivity index (χ4n) is 2.56. The van der Waals surface area contributed by atoms with Gasteiger partial charge in [0.25, 0.3) is 0 Å². The summed E-state index contributed by atoms with van der Waals surface area (Å²) >= 11 is 0. The Hall–Kier alpha value is -1.35. The monoisotopic (exact) mass is 234 g/mol. The average molecular weight is 234 g/mol. The van der Waals surface area contributed by atoms with Crippen LogP contribution in [0.25, 0.3) is 0 Å². The summed E-state index contributed by atoms with van der Waals surface area (Å²) in [7, 11) is 0. The second-order valence-corrected chi connectivity index (χ2v) is 4.48. The van der Waals surface area contributed by atoms with Gasteiger partial charge in [0.1, 0.15) is 0 Å². The molecule has 2 rings (SSSR count). The van der Waals surface area contributed by atoms with E-state index in [0.717, 1.165) is 19.5 Å². The number of carbonyl (C=O) groups excluding carboxylic acids is 1. The Kier molecular flexibility index (Phi) is 4.15. The number of hydrogen-bond acceptors (Lipinski definition) is 2. The molecule has 17 heavy (non-hydrogen) atoms. The van der Waals surface area contributed by atoms with Crippen molar-refractivity contribution in [2.75, 3.05) is 19.7 Å². The van der Waals surface area contributed by atoms with Crippen LogP contribution in [0.2, 0.25) is 0 Å². The number of nitrogens with two attached hydrogens (primary N) is 1. The van der Waals surface area contributed by atoms with Gasteiger partial charge in [-0.2, -0.15) is 0 Å². The highest BCUT2D eigenvalue weighted by atomic mass is 16.5. The molecule has 2 N–H and O–H groups in total. The number of quaternary nitrogens is 1. The van der Waals surface area contributed by atoms with Crippen molar-refractivity contribution < 1.29 is 14.8 Å². The van der Waals surface area contributed by atoms with Gasteiger partial charge in [-0.15, -0.1) is 0 Å². The van der Waals surface area contributed by atoms with Gasteiger partial charge in [0, 0.05) is 12.3 Å². The van der Waals surface area contributed by atoms with Crippen LogP contribution in [0.4, 0.5) is 0 Å². The fraction of sp³-hybridized carbons (Fsp3) is 0.500. The summed E-state index contributed by atoms with van der Waals surface area (Å²) in [6.45, 7) is 4.34. The van der Waals surface area contributed by atoms with Crippen LogP contribution in [0.3, 0.4) is 0 Å². The largest absolute Gasteiger partial charge is 0.466 e. The number of benzene rings is 1. The molecule has 0 aromatic heterocycles. The molecule has 1 saturated heterocycles. The molecule has 1 aromatic rings. The standard InChI is InChI=1S/C14H19NO2/c1-2-17-14(16)12-8-9-15-10-13(12)11-6-4-3-5-7-11/h3-7,12-13,15H,2,8-10H2,1H3/p+1. The number of hydrogen-bond donors (Lipinski definition) is 1. The minimum atomic E-state index is -0.0329. The third-order valence-electron chi connectivity index (χ3n) is 3.41. The van der Waals surface area contributed by atoms with Gasteiger partial charge in [0.2, 0.25) is 0 Å². The highest BCUT2D eigenvalue weighted by Crippen LogP contribution is 2.28. The predicted octanol–water partition coefficient (Wildman–Crippen LogP) is 0.917. The second-order valence-electron chi connectivity index (χ2n) is 4.48. The van der Waals surface area contributed by atoms with Crippen molar-refractivity contribution >= 4 is 5.97 Å². The third-order valence-corrected chi connectivity index (χ3v) is 3.41. The molecule has 0 spiro atoms. The highest BCUT2D eigenvalue weighted by molar-refractivity contribution is 5.73. The summed E-state index contributed by atoms with van der Waals surface area (Å²) in [4.78, 5) is 11.9. The Morgan fingerprint density at radius 1 is 1.41 bits per heavy atom. The fourth-order valence-corrected chi connectivity index (χ4v) is 2.56. The van der Waals surface area contributed by atoms with Gasteiger partial charge >= 0.3 is 5.97 Å². The number of carbonyl (C=O) groups is 1. The normalized spacial score (nSPS) is 24.3. The van der Waals surface area contributed by atoms with Crippen molar-refractivity contribution in [3.05, 3.63) is 35.9 Å². The molecule has 2 unspecified atom stereocenters. The van der Waals surface area contributed by atoms with Crippen LogP contribution in [0.5, 0.6) is 0 Å². The minimum absolute atomic E-state index is 0.0300. The molecule has 1 aromatic carbocycles. The Morgan fingerprint density at radius 2 is 2.18 bits per heavy atom. The molecule has 0 aliphatic carbocycles. The maximum absolute atomic E-state index is 11.9. The van der Waals surface area contributed by atoms with Crippen molar-refractivity contribution in [2.45, 2.75) is 19.3 Å². The SMILES string of the molecule is CCOC(=O)C1CC[NH2+]CC1c1ccccc1. The number of ether oxygens (including phenoxy) is 1. The van der Waals surface area contributed by atoms with Crippen LogP contribution in [-0.4, -0.2) is 25.7 Å². The first-order valence-corrected chi connectivity index (χ1v) is 6.36. The topological polar surface area (TPSA) is 42.9 Å². The zero-order chi connectivity index (χ0) is 12.1. The van der Waals surface area contributed by atoms with Crippen LogP contribution in [-0.2, 0) is 9.53 Å². The molecular weight excluding hydrogens is 214 g/mol. The summed E-state index contributed by atoms with van der Waals surface area (Å²) in [6, 6.07) is 10.3. The van der Waals surface area contributed by atoms with E-state index in [2.05, 4.69) is 17.4 Å². The van der Waals surface area contributed by atoms with Crippen molar-refractivity contribution in [1.82, 2.24) is 0 Å². The highest BCUT2D eigenvalue weighted by Gasteiger charge is 2.34. The smallest absolute Gasteiger partial charge is 0.310 e. The molecule has 2 atom stereocenters. The van der Waals surface area contributed by atoms with E-state index < -0.39 is 0 Å². The summed E-state index contributed by atoms with van der Waals surface area (Å²) in [5, 5.41) is 2.29. The van der Waals surface area contributed by atoms with Crippen LogP contribution >= 0.6 is 0 Å². The van der Waals surface area contributed by atoms with Crippen LogP contribution in [0.15, 0.2) is 30.3 Å². The maximum atomic E-state index is 11.9. The Labute approximate surface area is 102 Å². The van der Waals surface area contributed by atoms with Gasteiger partial charge in [-0.1, -0.05) is 30.3 Å². The van der Waals surface area contributed by atoms with Crippen LogP contribution < -0.4 is 5.32 Å². The molecule has 0 saturated carbocycles. The molecular formula is C14H20NO2+. The first kappa shape index (κ1) is 12.1. The van der Waals surface area contributed by atoms with E-state index in [-0.39, 0.29) is 11.9 Å². The van der Waals surface area contributed by atoms with Crippen LogP contribution in [0, 0.1) is 5.92 Å². The molecule has 3 nitrogen and oxygen atoms in total. The average Bonchev–Trinajstić information content (AvgIpc) is 2.40. The molecule has 0 radical (unpaired) electrons. The zero-order valence-electron chi connectivity index (χ0n) is 10.3. The molecule has 0 amide bonds. The number of rotatable bonds is 3. The number of piperidine rings is 1. The van der Waals surface area contributed by atoms with Crippen LogP contribution in [0.1, 0.15) is 24.8 Å². The Bertz CT molecular complexity index is 364. The molecule has 92 valence electrons. The molecule has 3 heteroatoms. The van der Waals surface area contributed by atoms with E-state index in [1.165, 1.54) is 5.56 Å². The first-order valence-electron chi connectivity index (χ1n) is 6.36. The third kappa shape index (κ3) is 2.86. The summed E-state index contributed by atoms with van der Waals surface area (Å²) in [5.41, 5.74) is 1.25. The maximum Gasteiger partial charge on any atom is 0.310 e. The molecule has 1 aliphatic rings. The lowest BCUT2D eigenvalue weighted by Gasteiger charge is -2.28. The lowest BCUT2D eigenvalue weighted by atomic mass is 9.81. The second kappa shape index (κ2) is 5.82. The summed E-state index contributed by atoms with van der Waals surface area (Å²) < 4.78 is 5.18. The Balaban J connectivity index is 2.15. The van der Waals surface area contributed by atoms with E-state index in [0.29, 0.717) is 12.5 Å². The van der Waals surface area contributed by atoms with Gasteiger partial charge in [-0.25, -0.2) is 0 Å². The predicted molar refractivity (Wildman–Crippen MR) is 65.6 cm³/mol. The quantitative estimate of drug-likeness (QED) is 0.790. The first-order chi connectivity index (χ1) is 8.33. The van der Waals surface area contributed by atoms with E-state index in [9.17, 15) is 4.79 Å². The zero-order valence-corrected chi connectivity index (χ0v) is 10.3. The Morgan fingerprint density at radius 3 is 2.88 bits per heavy atom. The minimum Gasteiger partial charge on any atom is -0.466 e. The molecule has 1 aliphatic heterocycles. The lowest BCUT2D eigenvalue weighted by Crippen LogP contribution is -2.88. The van der Waals surface area contributed by atoms with E-state index >= 15 is 0 Å². The molecule has 0 bridgehead atoms. The van der Waals surface area contributed by atoms with Gasteiger partial charge in [-0.3, -0.25) is 4.79 Å². The van der Waals surface area contributed by atoms with Gasteiger partial charge in [-0.05, 0) is 12.5 Å². The van der Waals surface area contributed by atoms with Gasteiger partial charge in [0.05, 0.1) is 25.6 Å². The van der Waals surface area contributed by atoms with E-state index in [4.69, 9.17) is 4.74 Å². The van der Waals surface area contributed by atoms with Crippen molar-refractivity contribution in [3.8, 4) is 0 Å². The summed E-state index contributed by atoms with van der Waals surface area (Å²) in [6.07, 6.45) is 0.915. The molecule has 1 heterocycles.